The van der Waals surface area contributed by atoms with Crippen molar-refractivity contribution >= 4 is 33.0 Å². The van der Waals surface area contributed by atoms with Crippen molar-refractivity contribution in [3.05, 3.63) is 88.0 Å². The van der Waals surface area contributed by atoms with Gasteiger partial charge in [0, 0.05) is 30.4 Å². The first-order chi connectivity index (χ1) is 18.6. The largest absolute Gasteiger partial charge is 0.497 e. The van der Waals surface area contributed by atoms with E-state index in [9.17, 15) is 23.3 Å². The maximum Gasteiger partial charge on any atom is 0.273 e. The minimum atomic E-state index is -4.34. The van der Waals surface area contributed by atoms with Gasteiger partial charge in [-0.05, 0) is 74.7 Å². The highest BCUT2D eigenvalue weighted by molar-refractivity contribution is 7.92. The molecule has 0 spiro atoms. The van der Waals surface area contributed by atoms with E-state index in [1.165, 1.54) is 51.1 Å². The molecular weight excluding hydrogens is 520 g/mol. The van der Waals surface area contributed by atoms with Crippen LogP contribution in [0.5, 0.6) is 5.75 Å². The van der Waals surface area contributed by atoms with Crippen molar-refractivity contribution < 1.29 is 22.9 Å². The van der Waals surface area contributed by atoms with Gasteiger partial charge in [-0.1, -0.05) is 18.2 Å². The lowest BCUT2D eigenvalue weighted by molar-refractivity contribution is -0.385. The number of sulfonamides is 1. The van der Waals surface area contributed by atoms with E-state index in [1.54, 1.807) is 12.1 Å². The first kappa shape index (κ1) is 27.9. The number of carbonyl (C=O) groups excluding carboxylic acids is 1. The van der Waals surface area contributed by atoms with Gasteiger partial charge in [0.05, 0.1) is 28.7 Å². The number of ether oxygens (including phenoxy) is 1. The van der Waals surface area contributed by atoms with Gasteiger partial charge in [-0.3, -0.25) is 19.2 Å². The van der Waals surface area contributed by atoms with Gasteiger partial charge in [0.2, 0.25) is 5.91 Å². The molecule has 0 bridgehead atoms. The summed E-state index contributed by atoms with van der Waals surface area (Å²) in [5, 5.41) is 14.3. The van der Waals surface area contributed by atoms with Gasteiger partial charge in [0.25, 0.3) is 15.7 Å². The van der Waals surface area contributed by atoms with Crippen LogP contribution in [-0.4, -0.2) is 46.0 Å². The van der Waals surface area contributed by atoms with Crippen LogP contribution in [0.1, 0.15) is 36.9 Å². The van der Waals surface area contributed by atoms with E-state index < -0.39 is 27.4 Å². The number of amides is 1. The summed E-state index contributed by atoms with van der Waals surface area (Å²) in [5.41, 5.74) is 2.26. The third-order valence-corrected chi connectivity index (χ3v) is 8.62. The zero-order valence-electron chi connectivity index (χ0n) is 22.2. The fraction of sp³-hybridized carbons (Fsp3) is 0.321. The van der Waals surface area contributed by atoms with Gasteiger partial charge in [0.1, 0.15) is 12.3 Å². The quantitative estimate of drug-likeness (QED) is 0.288. The Morgan fingerprint density at radius 2 is 1.72 bits per heavy atom. The van der Waals surface area contributed by atoms with E-state index in [4.69, 9.17) is 4.74 Å². The number of nitro benzene ring substituents is 1. The highest BCUT2D eigenvalue weighted by Gasteiger charge is 2.30. The Labute approximate surface area is 228 Å². The zero-order chi connectivity index (χ0) is 28.2. The van der Waals surface area contributed by atoms with Gasteiger partial charge in [0.15, 0.2) is 0 Å². The maximum atomic E-state index is 13.7. The van der Waals surface area contributed by atoms with Crippen LogP contribution in [0.4, 0.5) is 17.1 Å². The second-order valence-corrected chi connectivity index (χ2v) is 11.4. The van der Waals surface area contributed by atoms with Gasteiger partial charge in [-0.25, -0.2) is 8.42 Å². The third kappa shape index (κ3) is 6.31. The molecule has 4 rings (SSSR count). The molecule has 1 saturated heterocycles. The van der Waals surface area contributed by atoms with Crippen LogP contribution in [0.25, 0.3) is 0 Å². The lowest BCUT2D eigenvalue weighted by Gasteiger charge is -2.25. The van der Waals surface area contributed by atoms with Crippen LogP contribution in [0.15, 0.2) is 71.6 Å². The molecule has 39 heavy (non-hydrogen) atoms. The predicted octanol–water partition coefficient (Wildman–Crippen LogP) is 4.58. The molecule has 1 amide bonds. The SMILES string of the molecule is COc1ccc(N(CC(=O)NC(C)c2ccc(N3CCCC3)cc2)S(=O)(=O)c2ccc(C)c([N+](=O)[O-])c2)cc1. The first-order valence-corrected chi connectivity index (χ1v) is 14.1. The van der Waals surface area contributed by atoms with Crippen molar-refractivity contribution in [1.29, 1.82) is 0 Å². The van der Waals surface area contributed by atoms with E-state index >= 15 is 0 Å². The summed E-state index contributed by atoms with van der Waals surface area (Å²) in [5.74, 6) is -0.00959. The highest BCUT2D eigenvalue weighted by atomic mass is 32.2. The Bertz CT molecular complexity index is 1440. The van der Waals surface area contributed by atoms with Crippen molar-refractivity contribution in [3.8, 4) is 5.75 Å². The lowest BCUT2D eigenvalue weighted by Crippen LogP contribution is -2.41. The molecule has 3 aromatic carbocycles. The first-order valence-electron chi connectivity index (χ1n) is 12.7. The Morgan fingerprint density at radius 1 is 1.08 bits per heavy atom. The van der Waals surface area contributed by atoms with Crippen LogP contribution in [0, 0.1) is 17.0 Å². The van der Waals surface area contributed by atoms with Gasteiger partial charge in [-0.15, -0.1) is 0 Å². The smallest absolute Gasteiger partial charge is 0.273 e. The number of aryl methyl sites for hydroxylation is 1. The summed E-state index contributed by atoms with van der Waals surface area (Å²) in [6.45, 7) is 4.91. The molecule has 1 fully saturated rings. The monoisotopic (exact) mass is 552 g/mol. The van der Waals surface area contributed by atoms with Crippen LogP contribution in [0.3, 0.4) is 0 Å². The molecule has 1 N–H and O–H groups in total. The average molecular weight is 553 g/mol. The molecule has 3 aromatic rings. The van der Waals surface area contributed by atoms with Crippen molar-refractivity contribution in [2.75, 3.05) is 35.9 Å². The summed E-state index contributed by atoms with van der Waals surface area (Å²) in [7, 11) is -2.85. The van der Waals surface area contributed by atoms with Crippen LogP contribution in [-0.2, 0) is 14.8 Å². The van der Waals surface area contributed by atoms with Crippen molar-refractivity contribution in [3.63, 3.8) is 0 Å². The van der Waals surface area contributed by atoms with Crippen LogP contribution in [0.2, 0.25) is 0 Å². The molecule has 11 heteroatoms. The number of hydrogen-bond donors (Lipinski definition) is 1. The molecule has 0 saturated carbocycles. The molecule has 1 aliphatic rings. The van der Waals surface area contributed by atoms with E-state index in [0.717, 1.165) is 34.7 Å². The minimum absolute atomic E-state index is 0.219. The topological polar surface area (TPSA) is 122 Å². The van der Waals surface area contributed by atoms with E-state index in [2.05, 4.69) is 10.2 Å². The van der Waals surface area contributed by atoms with Gasteiger partial charge >= 0.3 is 0 Å². The van der Waals surface area contributed by atoms with E-state index in [-0.39, 0.29) is 22.3 Å². The number of rotatable bonds is 10. The predicted molar refractivity (Wildman–Crippen MR) is 150 cm³/mol. The molecule has 10 nitrogen and oxygen atoms in total. The Kier molecular flexibility index (Phi) is 8.39. The van der Waals surface area contributed by atoms with Crippen LogP contribution >= 0.6 is 0 Å². The molecular formula is C28H32N4O6S. The molecule has 206 valence electrons. The molecule has 1 atom stereocenters. The fourth-order valence-corrected chi connectivity index (χ4v) is 6.03. The summed E-state index contributed by atoms with van der Waals surface area (Å²) in [6.07, 6.45) is 2.36. The standard InChI is InChI=1S/C28H32N4O6S/c1-20-6-15-26(18-27(20)32(34)35)39(36,37)31(24-11-13-25(38-3)14-12-24)19-28(33)29-21(2)22-7-9-23(10-8-22)30-16-4-5-17-30/h6-15,18,21H,4-5,16-17,19H2,1-3H3,(H,29,33). The number of hydrogen-bond acceptors (Lipinski definition) is 7. The summed E-state index contributed by atoms with van der Waals surface area (Å²) < 4.78 is 33.5. The molecule has 0 aliphatic carbocycles. The highest BCUT2D eigenvalue weighted by Crippen LogP contribution is 2.29. The van der Waals surface area contributed by atoms with E-state index in [0.29, 0.717) is 11.3 Å². The third-order valence-electron chi connectivity index (χ3n) is 6.85. The second-order valence-electron chi connectivity index (χ2n) is 9.49. The Morgan fingerprint density at radius 3 is 2.31 bits per heavy atom. The molecule has 1 unspecified atom stereocenters. The Hall–Kier alpha value is -4.12. The van der Waals surface area contributed by atoms with Crippen LogP contribution < -0.4 is 19.3 Å². The minimum Gasteiger partial charge on any atom is -0.497 e. The average Bonchev–Trinajstić information content (AvgIpc) is 3.47. The summed E-state index contributed by atoms with van der Waals surface area (Å²) >= 11 is 0. The number of nitrogens with one attached hydrogen (secondary N) is 1. The van der Waals surface area contributed by atoms with Crippen molar-refractivity contribution in [1.82, 2.24) is 5.32 Å². The van der Waals surface area contributed by atoms with Gasteiger partial charge in [-0.2, -0.15) is 0 Å². The van der Waals surface area contributed by atoms with Gasteiger partial charge < -0.3 is 15.0 Å². The fourth-order valence-electron chi connectivity index (χ4n) is 4.59. The molecule has 1 aliphatic heterocycles. The number of nitro groups is 1. The number of benzene rings is 3. The second kappa shape index (κ2) is 11.7. The zero-order valence-corrected chi connectivity index (χ0v) is 23.0. The lowest BCUT2D eigenvalue weighted by atomic mass is 10.1. The number of anilines is 2. The number of carbonyl (C=O) groups is 1. The summed E-state index contributed by atoms with van der Waals surface area (Å²) in [4.78, 5) is 26.0. The van der Waals surface area contributed by atoms with Crippen molar-refractivity contribution in [2.24, 2.45) is 0 Å². The van der Waals surface area contributed by atoms with Crippen molar-refractivity contribution in [2.45, 2.75) is 37.6 Å². The molecule has 1 heterocycles. The Balaban J connectivity index is 1.58. The summed E-state index contributed by atoms with van der Waals surface area (Å²) in [6, 6.07) is 17.5. The molecule has 0 radical (unpaired) electrons. The maximum absolute atomic E-state index is 13.7. The number of methoxy groups -OCH3 is 1. The van der Waals surface area contributed by atoms with E-state index in [1.807, 2.05) is 31.2 Å². The normalized spacial score (nSPS) is 14.1. The molecule has 0 aromatic heterocycles. The number of nitrogens with zero attached hydrogens (tertiary/aromatic N) is 3.